The SMILES string of the molecule is O=C(c1cc(Br)cc(Br)c1)N1CCC(Cl)C1. The van der Waals surface area contributed by atoms with E-state index in [1.807, 2.05) is 18.2 Å². The van der Waals surface area contributed by atoms with Crippen LogP contribution in [0.1, 0.15) is 16.8 Å². The quantitative estimate of drug-likeness (QED) is 0.694. The van der Waals surface area contributed by atoms with Gasteiger partial charge in [0.15, 0.2) is 0 Å². The first kappa shape index (κ1) is 12.4. The molecule has 5 heteroatoms. The van der Waals surface area contributed by atoms with E-state index in [1.54, 1.807) is 4.90 Å². The van der Waals surface area contributed by atoms with E-state index in [0.29, 0.717) is 12.1 Å². The van der Waals surface area contributed by atoms with Gasteiger partial charge in [-0.2, -0.15) is 0 Å². The topological polar surface area (TPSA) is 20.3 Å². The van der Waals surface area contributed by atoms with Crippen molar-refractivity contribution in [3.05, 3.63) is 32.7 Å². The number of benzene rings is 1. The fraction of sp³-hybridized carbons (Fsp3) is 0.364. The molecule has 1 aromatic rings. The number of carbonyl (C=O) groups is 1. The second-order valence-electron chi connectivity index (χ2n) is 3.80. The lowest BCUT2D eigenvalue weighted by atomic mass is 10.2. The van der Waals surface area contributed by atoms with Crippen molar-refractivity contribution in [3.8, 4) is 0 Å². The monoisotopic (exact) mass is 365 g/mol. The molecule has 1 aromatic carbocycles. The molecule has 1 fully saturated rings. The number of rotatable bonds is 1. The highest BCUT2D eigenvalue weighted by Crippen LogP contribution is 2.23. The van der Waals surface area contributed by atoms with Gasteiger partial charge in [-0.05, 0) is 24.6 Å². The minimum atomic E-state index is 0.0464. The lowest BCUT2D eigenvalue weighted by molar-refractivity contribution is 0.0793. The molecule has 1 aliphatic heterocycles. The Morgan fingerprint density at radius 1 is 1.31 bits per heavy atom. The zero-order valence-electron chi connectivity index (χ0n) is 8.42. The van der Waals surface area contributed by atoms with E-state index in [1.165, 1.54) is 0 Å². The predicted octanol–water partition coefficient (Wildman–Crippen LogP) is 3.66. The number of hydrogen-bond donors (Lipinski definition) is 0. The fourth-order valence-corrected chi connectivity index (χ4v) is 3.32. The number of likely N-dealkylation sites (tertiary alicyclic amines) is 1. The normalized spacial score (nSPS) is 20.2. The molecule has 16 heavy (non-hydrogen) atoms. The molecule has 0 N–H and O–H groups in total. The van der Waals surface area contributed by atoms with Crippen LogP contribution in [0.25, 0.3) is 0 Å². The van der Waals surface area contributed by atoms with Crippen LogP contribution in [0.2, 0.25) is 0 Å². The molecule has 1 unspecified atom stereocenters. The number of hydrogen-bond acceptors (Lipinski definition) is 1. The molecule has 0 saturated carbocycles. The fourth-order valence-electron chi connectivity index (χ4n) is 1.76. The van der Waals surface area contributed by atoms with Gasteiger partial charge >= 0.3 is 0 Å². The summed E-state index contributed by atoms with van der Waals surface area (Å²) in [6.07, 6.45) is 0.877. The highest BCUT2D eigenvalue weighted by atomic mass is 79.9. The standard InChI is InChI=1S/C11H10Br2ClNO/c12-8-3-7(4-9(13)5-8)11(16)15-2-1-10(14)6-15/h3-5,10H,1-2,6H2. The maximum absolute atomic E-state index is 12.1. The molecule has 0 spiro atoms. The average Bonchev–Trinajstić information content (AvgIpc) is 2.62. The highest BCUT2D eigenvalue weighted by Gasteiger charge is 2.25. The van der Waals surface area contributed by atoms with E-state index in [0.717, 1.165) is 21.9 Å². The molecule has 0 radical (unpaired) electrons. The minimum Gasteiger partial charge on any atom is -0.337 e. The summed E-state index contributed by atoms with van der Waals surface area (Å²) in [5, 5.41) is 0.0968. The number of alkyl halides is 1. The van der Waals surface area contributed by atoms with Crippen molar-refractivity contribution in [2.45, 2.75) is 11.8 Å². The van der Waals surface area contributed by atoms with Gasteiger partial charge in [0, 0.05) is 27.6 Å². The molecule has 2 rings (SSSR count). The molecule has 1 atom stereocenters. The van der Waals surface area contributed by atoms with Gasteiger partial charge in [0.05, 0.1) is 5.38 Å². The van der Waals surface area contributed by atoms with Crippen LogP contribution >= 0.6 is 43.5 Å². The third-order valence-corrected chi connectivity index (χ3v) is 3.80. The molecule has 1 heterocycles. The van der Waals surface area contributed by atoms with Gasteiger partial charge in [0.1, 0.15) is 0 Å². The molecule has 1 saturated heterocycles. The van der Waals surface area contributed by atoms with Crippen molar-refractivity contribution in [2.24, 2.45) is 0 Å². The first-order valence-electron chi connectivity index (χ1n) is 4.95. The van der Waals surface area contributed by atoms with Crippen LogP contribution in [0.5, 0.6) is 0 Å². The second kappa shape index (κ2) is 5.07. The van der Waals surface area contributed by atoms with Gasteiger partial charge in [-0.1, -0.05) is 31.9 Å². The summed E-state index contributed by atoms with van der Waals surface area (Å²) in [6, 6.07) is 5.56. The Labute approximate surface area is 116 Å². The van der Waals surface area contributed by atoms with E-state index < -0.39 is 0 Å². The summed E-state index contributed by atoms with van der Waals surface area (Å²) in [6.45, 7) is 1.39. The second-order valence-corrected chi connectivity index (χ2v) is 6.24. The maximum Gasteiger partial charge on any atom is 0.253 e. The van der Waals surface area contributed by atoms with Crippen molar-refractivity contribution in [1.29, 1.82) is 0 Å². The number of carbonyl (C=O) groups excluding carboxylic acids is 1. The average molecular weight is 367 g/mol. The Hall–Kier alpha value is -0.0600. The summed E-state index contributed by atoms with van der Waals surface area (Å²) >= 11 is 12.7. The molecular weight excluding hydrogens is 357 g/mol. The van der Waals surface area contributed by atoms with Crippen molar-refractivity contribution >= 4 is 49.4 Å². The summed E-state index contributed by atoms with van der Waals surface area (Å²) in [5.41, 5.74) is 0.687. The van der Waals surface area contributed by atoms with Crippen LogP contribution < -0.4 is 0 Å². The summed E-state index contributed by atoms with van der Waals surface area (Å²) in [4.78, 5) is 13.9. The maximum atomic E-state index is 12.1. The van der Waals surface area contributed by atoms with Gasteiger partial charge in [-0.25, -0.2) is 0 Å². The Balaban J connectivity index is 2.20. The van der Waals surface area contributed by atoms with Crippen LogP contribution in [0.3, 0.4) is 0 Å². The lowest BCUT2D eigenvalue weighted by Crippen LogP contribution is -2.28. The molecular formula is C11H10Br2ClNO. The zero-order chi connectivity index (χ0) is 11.7. The Morgan fingerprint density at radius 2 is 1.94 bits per heavy atom. The van der Waals surface area contributed by atoms with Crippen LogP contribution in [0.15, 0.2) is 27.1 Å². The lowest BCUT2D eigenvalue weighted by Gasteiger charge is -2.15. The van der Waals surface area contributed by atoms with E-state index in [4.69, 9.17) is 11.6 Å². The predicted molar refractivity (Wildman–Crippen MR) is 72.0 cm³/mol. The van der Waals surface area contributed by atoms with Gasteiger partial charge < -0.3 is 4.90 Å². The number of amides is 1. The van der Waals surface area contributed by atoms with Crippen LogP contribution in [-0.4, -0.2) is 29.3 Å². The first-order chi connectivity index (χ1) is 7.56. The van der Waals surface area contributed by atoms with E-state index >= 15 is 0 Å². The van der Waals surface area contributed by atoms with Gasteiger partial charge in [0.2, 0.25) is 0 Å². The summed E-state index contributed by atoms with van der Waals surface area (Å²) in [5.74, 6) is 0.0464. The number of nitrogens with zero attached hydrogens (tertiary/aromatic N) is 1. The van der Waals surface area contributed by atoms with Crippen LogP contribution in [0.4, 0.5) is 0 Å². The van der Waals surface area contributed by atoms with Crippen molar-refractivity contribution in [2.75, 3.05) is 13.1 Å². The van der Waals surface area contributed by atoms with Crippen molar-refractivity contribution in [3.63, 3.8) is 0 Å². The third kappa shape index (κ3) is 2.79. The molecule has 0 bridgehead atoms. The van der Waals surface area contributed by atoms with E-state index in [9.17, 15) is 4.79 Å². The summed E-state index contributed by atoms with van der Waals surface area (Å²) < 4.78 is 1.79. The molecule has 2 nitrogen and oxygen atoms in total. The molecule has 0 aliphatic carbocycles. The van der Waals surface area contributed by atoms with Crippen molar-refractivity contribution in [1.82, 2.24) is 4.90 Å². The smallest absolute Gasteiger partial charge is 0.253 e. The molecule has 86 valence electrons. The number of halogens is 3. The van der Waals surface area contributed by atoms with Crippen LogP contribution in [-0.2, 0) is 0 Å². The molecule has 1 amide bonds. The van der Waals surface area contributed by atoms with Gasteiger partial charge in [-0.15, -0.1) is 11.6 Å². The van der Waals surface area contributed by atoms with Crippen molar-refractivity contribution < 1.29 is 4.79 Å². The summed E-state index contributed by atoms with van der Waals surface area (Å²) in [7, 11) is 0. The Bertz CT molecular complexity index is 404. The van der Waals surface area contributed by atoms with E-state index in [-0.39, 0.29) is 11.3 Å². The van der Waals surface area contributed by atoms with Gasteiger partial charge in [0.25, 0.3) is 5.91 Å². The van der Waals surface area contributed by atoms with Crippen LogP contribution in [0, 0.1) is 0 Å². The Kier molecular flexibility index (Phi) is 3.93. The molecule has 0 aromatic heterocycles. The third-order valence-electron chi connectivity index (χ3n) is 2.53. The molecule has 1 aliphatic rings. The zero-order valence-corrected chi connectivity index (χ0v) is 12.3. The van der Waals surface area contributed by atoms with Gasteiger partial charge in [-0.3, -0.25) is 4.79 Å². The highest BCUT2D eigenvalue weighted by molar-refractivity contribution is 9.11. The Morgan fingerprint density at radius 3 is 2.44 bits per heavy atom. The minimum absolute atomic E-state index is 0.0464. The first-order valence-corrected chi connectivity index (χ1v) is 6.98. The van der Waals surface area contributed by atoms with E-state index in [2.05, 4.69) is 31.9 Å². The largest absolute Gasteiger partial charge is 0.337 e.